The zero-order chi connectivity index (χ0) is 16.4. The summed E-state index contributed by atoms with van der Waals surface area (Å²) in [7, 11) is 0. The minimum Gasteiger partial charge on any atom is -0.309 e. The number of aromatic nitrogens is 4. The van der Waals surface area contributed by atoms with Crippen LogP contribution in [-0.4, -0.2) is 25.5 Å². The predicted octanol–water partition coefficient (Wildman–Crippen LogP) is 1.81. The van der Waals surface area contributed by atoms with Crippen molar-refractivity contribution in [3.63, 3.8) is 0 Å². The Kier molecular flexibility index (Phi) is 3.92. The number of carbonyl (C=O) groups is 1. The molecule has 0 radical (unpaired) electrons. The Balaban J connectivity index is 1.85. The summed E-state index contributed by atoms with van der Waals surface area (Å²) in [5, 5.41) is 11.6. The number of fused-ring (bicyclic) bond motifs is 1. The molecule has 7 heteroatoms. The minimum atomic E-state index is -0.228. The molecule has 23 heavy (non-hydrogen) atoms. The van der Waals surface area contributed by atoms with E-state index in [-0.39, 0.29) is 23.9 Å². The van der Waals surface area contributed by atoms with Crippen LogP contribution >= 0.6 is 0 Å². The second kappa shape index (κ2) is 6.04. The van der Waals surface area contributed by atoms with Gasteiger partial charge in [-0.05, 0) is 26.0 Å². The number of para-hydroxylation sites is 1. The summed E-state index contributed by atoms with van der Waals surface area (Å²) in [6.07, 6.45) is 2.87. The van der Waals surface area contributed by atoms with Crippen molar-refractivity contribution in [2.24, 2.45) is 0 Å². The molecule has 0 aliphatic rings. The summed E-state index contributed by atoms with van der Waals surface area (Å²) in [6.45, 7) is 3.99. The topological polar surface area (TPSA) is 81.8 Å². The van der Waals surface area contributed by atoms with Crippen molar-refractivity contribution < 1.29 is 4.79 Å². The van der Waals surface area contributed by atoms with Crippen molar-refractivity contribution in [1.29, 1.82) is 0 Å². The monoisotopic (exact) mass is 311 g/mol. The van der Waals surface area contributed by atoms with E-state index in [0.29, 0.717) is 16.7 Å². The molecule has 2 heterocycles. The first-order valence-corrected chi connectivity index (χ1v) is 7.34. The third-order valence-electron chi connectivity index (χ3n) is 3.48. The SMILES string of the molecule is CC(C)n1nccc1NC(=O)Cn1ncc(=O)c2ccccc21. The first-order chi connectivity index (χ1) is 11.1. The Morgan fingerprint density at radius 2 is 2.00 bits per heavy atom. The third kappa shape index (κ3) is 2.98. The highest BCUT2D eigenvalue weighted by atomic mass is 16.2. The van der Waals surface area contributed by atoms with Crippen molar-refractivity contribution >= 4 is 22.6 Å². The summed E-state index contributed by atoms with van der Waals surface area (Å²) < 4.78 is 3.25. The lowest BCUT2D eigenvalue weighted by Crippen LogP contribution is -2.24. The molecule has 3 aromatic rings. The standard InChI is InChI=1S/C16H17N5O2/c1-11(2)21-15(7-8-17-21)19-16(23)10-20-13-6-4-3-5-12(13)14(22)9-18-20/h3-9,11H,10H2,1-2H3,(H,19,23). The molecule has 0 atom stereocenters. The second-order valence-corrected chi connectivity index (χ2v) is 5.49. The molecular weight excluding hydrogens is 294 g/mol. The van der Waals surface area contributed by atoms with E-state index in [4.69, 9.17) is 0 Å². The van der Waals surface area contributed by atoms with E-state index in [9.17, 15) is 9.59 Å². The number of hydrogen-bond donors (Lipinski definition) is 1. The van der Waals surface area contributed by atoms with Gasteiger partial charge in [0, 0.05) is 17.5 Å². The van der Waals surface area contributed by atoms with E-state index in [0.717, 1.165) is 0 Å². The summed E-state index contributed by atoms with van der Waals surface area (Å²) in [5.74, 6) is 0.407. The molecule has 118 valence electrons. The van der Waals surface area contributed by atoms with Gasteiger partial charge in [0.15, 0.2) is 0 Å². The van der Waals surface area contributed by atoms with Crippen LogP contribution in [0.15, 0.2) is 47.5 Å². The lowest BCUT2D eigenvalue weighted by atomic mass is 10.2. The molecule has 0 spiro atoms. The number of benzene rings is 1. The maximum atomic E-state index is 12.3. The van der Waals surface area contributed by atoms with Crippen molar-refractivity contribution in [2.75, 3.05) is 5.32 Å². The average Bonchev–Trinajstić information content (AvgIpc) is 2.98. The fourth-order valence-electron chi connectivity index (χ4n) is 2.43. The molecule has 1 amide bonds. The van der Waals surface area contributed by atoms with Crippen LogP contribution in [0.25, 0.3) is 10.9 Å². The van der Waals surface area contributed by atoms with E-state index in [1.807, 2.05) is 19.9 Å². The van der Waals surface area contributed by atoms with Crippen LogP contribution < -0.4 is 10.7 Å². The van der Waals surface area contributed by atoms with Crippen molar-refractivity contribution in [3.05, 3.63) is 52.9 Å². The lowest BCUT2D eigenvalue weighted by Gasteiger charge is -2.13. The van der Waals surface area contributed by atoms with Gasteiger partial charge in [-0.2, -0.15) is 10.2 Å². The highest BCUT2D eigenvalue weighted by Crippen LogP contribution is 2.13. The van der Waals surface area contributed by atoms with Gasteiger partial charge in [0.25, 0.3) is 0 Å². The van der Waals surface area contributed by atoms with Crippen molar-refractivity contribution in [3.8, 4) is 0 Å². The Labute approximate surface area is 132 Å². The van der Waals surface area contributed by atoms with Gasteiger partial charge in [-0.25, -0.2) is 4.68 Å². The van der Waals surface area contributed by atoms with Crippen molar-refractivity contribution in [2.45, 2.75) is 26.4 Å². The molecule has 7 nitrogen and oxygen atoms in total. The molecule has 0 unspecified atom stereocenters. The van der Waals surface area contributed by atoms with Gasteiger partial charge in [-0.15, -0.1) is 0 Å². The molecule has 0 saturated heterocycles. The zero-order valence-electron chi connectivity index (χ0n) is 12.9. The molecule has 0 fully saturated rings. The van der Waals surface area contributed by atoms with Gasteiger partial charge >= 0.3 is 0 Å². The van der Waals surface area contributed by atoms with Gasteiger partial charge < -0.3 is 5.32 Å². The summed E-state index contributed by atoms with van der Waals surface area (Å²) in [6, 6.07) is 8.99. The molecule has 0 aliphatic carbocycles. The van der Waals surface area contributed by atoms with Crippen molar-refractivity contribution in [1.82, 2.24) is 19.6 Å². The Morgan fingerprint density at radius 1 is 1.22 bits per heavy atom. The Morgan fingerprint density at radius 3 is 2.78 bits per heavy atom. The fourth-order valence-corrected chi connectivity index (χ4v) is 2.43. The first kappa shape index (κ1) is 15.0. The van der Waals surface area contributed by atoms with Crippen LogP contribution in [0.4, 0.5) is 5.82 Å². The number of amides is 1. The van der Waals surface area contributed by atoms with Crippen LogP contribution in [0.5, 0.6) is 0 Å². The van der Waals surface area contributed by atoms with Crippen LogP contribution in [0.3, 0.4) is 0 Å². The smallest absolute Gasteiger partial charge is 0.247 e. The van der Waals surface area contributed by atoms with E-state index in [1.54, 1.807) is 35.1 Å². The Bertz CT molecular complexity index is 910. The number of rotatable bonds is 4. The van der Waals surface area contributed by atoms with E-state index in [2.05, 4.69) is 15.5 Å². The molecule has 0 aliphatic heterocycles. The molecule has 1 N–H and O–H groups in total. The Hall–Kier alpha value is -2.96. The summed E-state index contributed by atoms with van der Waals surface area (Å²) >= 11 is 0. The predicted molar refractivity (Wildman–Crippen MR) is 87.2 cm³/mol. The van der Waals surface area contributed by atoms with Gasteiger partial charge in [0.2, 0.25) is 11.3 Å². The normalized spacial score (nSPS) is 11.1. The molecular formula is C16H17N5O2. The number of hydrogen-bond acceptors (Lipinski definition) is 4. The molecule has 1 aromatic carbocycles. The van der Waals surface area contributed by atoms with Gasteiger partial charge in [-0.1, -0.05) is 12.1 Å². The van der Waals surface area contributed by atoms with Crippen LogP contribution in [-0.2, 0) is 11.3 Å². The number of carbonyl (C=O) groups excluding carboxylic acids is 1. The first-order valence-electron chi connectivity index (χ1n) is 7.34. The van der Waals surface area contributed by atoms with Gasteiger partial charge in [0.05, 0.1) is 17.9 Å². The number of nitrogens with zero attached hydrogens (tertiary/aromatic N) is 4. The highest BCUT2D eigenvalue weighted by Gasteiger charge is 2.11. The molecule has 0 bridgehead atoms. The van der Waals surface area contributed by atoms with E-state index in [1.165, 1.54) is 10.9 Å². The fraction of sp³-hybridized carbons (Fsp3) is 0.250. The third-order valence-corrected chi connectivity index (χ3v) is 3.48. The number of anilines is 1. The molecule has 3 rings (SSSR count). The second-order valence-electron chi connectivity index (χ2n) is 5.49. The highest BCUT2D eigenvalue weighted by molar-refractivity contribution is 5.90. The lowest BCUT2D eigenvalue weighted by molar-refractivity contribution is -0.116. The van der Waals surface area contributed by atoms with E-state index < -0.39 is 0 Å². The quantitative estimate of drug-likeness (QED) is 0.796. The van der Waals surface area contributed by atoms with Crippen LogP contribution in [0, 0.1) is 0 Å². The molecule has 0 saturated carbocycles. The average molecular weight is 311 g/mol. The minimum absolute atomic E-state index is 0.0179. The van der Waals surface area contributed by atoms with Gasteiger partial charge in [0.1, 0.15) is 12.4 Å². The van der Waals surface area contributed by atoms with Crippen LogP contribution in [0.2, 0.25) is 0 Å². The number of nitrogens with one attached hydrogen (secondary N) is 1. The summed E-state index contributed by atoms with van der Waals surface area (Å²) in [5.41, 5.74) is 0.475. The zero-order valence-corrected chi connectivity index (χ0v) is 12.9. The maximum absolute atomic E-state index is 12.3. The summed E-state index contributed by atoms with van der Waals surface area (Å²) in [4.78, 5) is 24.1. The van der Waals surface area contributed by atoms with Gasteiger partial charge in [-0.3, -0.25) is 14.3 Å². The largest absolute Gasteiger partial charge is 0.309 e. The van der Waals surface area contributed by atoms with E-state index >= 15 is 0 Å². The molecule has 2 aromatic heterocycles. The van der Waals surface area contributed by atoms with Crippen LogP contribution in [0.1, 0.15) is 19.9 Å². The maximum Gasteiger partial charge on any atom is 0.247 e.